The predicted octanol–water partition coefficient (Wildman–Crippen LogP) is 3.03. The molecule has 2 N–H and O–H groups in total. The molecule has 0 saturated carbocycles. The van der Waals surface area contributed by atoms with Gasteiger partial charge in [0.1, 0.15) is 6.33 Å². The largest absolute Gasteiger partial charge is 0.326 e. The number of fused-ring (bicyclic) bond motifs is 1. The van der Waals surface area contributed by atoms with Crippen molar-refractivity contribution in [3.63, 3.8) is 0 Å². The van der Waals surface area contributed by atoms with Crippen molar-refractivity contribution in [1.29, 1.82) is 0 Å². The predicted molar refractivity (Wildman–Crippen MR) is 103 cm³/mol. The molecule has 1 atom stereocenters. The molecule has 0 radical (unpaired) electrons. The number of carbonyl (C=O) groups excluding carboxylic acids is 2. The van der Waals surface area contributed by atoms with Gasteiger partial charge in [-0.1, -0.05) is 18.2 Å². The average molecular weight is 379 g/mol. The molecular formula is C19H17N5O2S. The lowest BCUT2D eigenvalue weighted by atomic mass is 9.90. The Balaban J connectivity index is 1.47. The molecule has 1 aliphatic rings. The zero-order valence-corrected chi connectivity index (χ0v) is 15.4. The van der Waals surface area contributed by atoms with Crippen molar-refractivity contribution in [1.82, 2.24) is 14.8 Å². The Morgan fingerprint density at radius 3 is 2.74 bits per heavy atom. The number of aromatic nitrogens is 3. The molecule has 0 spiro atoms. The topological polar surface area (TPSA) is 88.9 Å². The van der Waals surface area contributed by atoms with E-state index in [0.717, 1.165) is 15.6 Å². The quantitative estimate of drug-likeness (QED) is 0.727. The van der Waals surface area contributed by atoms with E-state index in [4.69, 9.17) is 0 Å². The van der Waals surface area contributed by atoms with Crippen LogP contribution in [0, 0.1) is 0 Å². The van der Waals surface area contributed by atoms with Crippen molar-refractivity contribution in [2.45, 2.75) is 22.4 Å². The van der Waals surface area contributed by atoms with Crippen LogP contribution in [0.15, 0.2) is 64.9 Å². The van der Waals surface area contributed by atoms with Gasteiger partial charge in [0, 0.05) is 29.7 Å². The van der Waals surface area contributed by atoms with E-state index >= 15 is 0 Å². The SMILES string of the molecule is Cn1cnnc1Sc1ccc(NC(=O)C2CC(=O)Nc3ccccc32)cc1. The smallest absolute Gasteiger partial charge is 0.232 e. The van der Waals surface area contributed by atoms with Gasteiger partial charge < -0.3 is 15.2 Å². The molecule has 1 aliphatic heterocycles. The van der Waals surface area contributed by atoms with Gasteiger partial charge in [0.05, 0.1) is 5.92 Å². The molecule has 8 heteroatoms. The number of para-hydroxylation sites is 1. The number of hydrogen-bond donors (Lipinski definition) is 2. The van der Waals surface area contributed by atoms with Gasteiger partial charge in [-0.2, -0.15) is 0 Å². The van der Waals surface area contributed by atoms with Crippen molar-refractivity contribution < 1.29 is 9.59 Å². The summed E-state index contributed by atoms with van der Waals surface area (Å²) in [6.45, 7) is 0. The van der Waals surface area contributed by atoms with Gasteiger partial charge in [-0.15, -0.1) is 10.2 Å². The maximum absolute atomic E-state index is 12.7. The molecule has 0 bridgehead atoms. The van der Waals surface area contributed by atoms with Crippen LogP contribution in [-0.2, 0) is 16.6 Å². The number of amides is 2. The van der Waals surface area contributed by atoms with Gasteiger partial charge in [-0.25, -0.2) is 0 Å². The fourth-order valence-corrected chi connectivity index (χ4v) is 3.71. The fourth-order valence-electron chi connectivity index (χ4n) is 2.95. The van der Waals surface area contributed by atoms with E-state index < -0.39 is 5.92 Å². The lowest BCUT2D eigenvalue weighted by Gasteiger charge is -2.24. The van der Waals surface area contributed by atoms with Crippen molar-refractivity contribution in [2.75, 3.05) is 10.6 Å². The molecule has 0 fully saturated rings. The number of benzene rings is 2. The summed E-state index contributed by atoms with van der Waals surface area (Å²) < 4.78 is 1.84. The zero-order valence-electron chi connectivity index (χ0n) is 14.5. The summed E-state index contributed by atoms with van der Waals surface area (Å²) in [4.78, 5) is 25.6. The number of nitrogens with one attached hydrogen (secondary N) is 2. The fraction of sp³-hybridized carbons (Fsp3) is 0.158. The molecule has 0 saturated heterocycles. The Labute approximate surface area is 160 Å². The second kappa shape index (κ2) is 7.24. The Hall–Kier alpha value is -3.13. The number of rotatable bonds is 4. The molecule has 0 aliphatic carbocycles. The molecule has 27 heavy (non-hydrogen) atoms. The summed E-state index contributed by atoms with van der Waals surface area (Å²) in [7, 11) is 1.88. The van der Waals surface area contributed by atoms with Crippen molar-refractivity contribution in [3.05, 3.63) is 60.4 Å². The van der Waals surface area contributed by atoms with Gasteiger partial charge in [-0.3, -0.25) is 9.59 Å². The van der Waals surface area contributed by atoms with E-state index in [9.17, 15) is 9.59 Å². The summed E-state index contributed by atoms with van der Waals surface area (Å²) >= 11 is 1.49. The second-order valence-corrected chi connectivity index (χ2v) is 7.27. The number of hydrogen-bond acceptors (Lipinski definition) is 5. The summed E-state index contributed by atoms with van der Waals surface area (Å²) in [5.74, 6) is -0.835. The summed E-state index contributed by atoms with van der Waals surface area (Å²) in [6, 6.07) is 14.9. The molecule has 1 aromatic heterocycles. The van der Waals surface area contributed by atoms with Crippen LogP contribution >= 0.6 is 11.8 Å². The molecule has 4 rings (SSSR count). The van der Waals surface area contributed by atoms with E-state index in [0.29, 0.717) is 11.4 Å². The van der Waals surface area contributed by atoms with Crippen LogP contribution in [0.2, 0.25) is 0 Å². The van der Waals surface area contributed by atoms with Crippen LogP contribution < -0.4 is 10.6 Å². The van der Waals surface area contributed by atoms with Crippen LogP contribution in [0.3, 0.4) is 0 Å². The third-order valence-corrected chi connectivity index (χ3v) is 5.38. The lowest BCUT2D eigenvalue weighted by Crippen LogP contribution is -2.30. The van der Waals surface area contributed by atoms with Crippen molar-refractivity contribution in [3.8, 4) is 0 Å². The molecule has 3 aromatic rings. The van der Waals surface area contributed by atoms with Gasteiger partial charge in [0.2, 0.25) is 11.8 Å². The number of carbonyl (C=O) groups is 2. The van der Waals surface area contributed by atoms with Gasteiger partial charge >= 0.3 is 0 Å². The highest BCUT2D eigenvalue weighted by atomic mass is 32.2. The number of aryl methyl sites for hydroxylation is 1. The minimum absolute atomic E-state index is 0.142. The first-order valence-electron chi connectivity index (χ1n) is 8.42. The molecule has 136 valence electrons. The summed E-state index contributed by atoms with van der Waals surface area (Å²) in [5, 5.41) is 14.4. The third kappa shape index (κ3) is 3.70. The molecule has 2 aromatic carbocycles. The van der Waals surface area contributed by atoms with Crippen molar-refractivity contribution >= 4 is 35.0 Å². The normalized spacial score (nSPS) is 15.7. The Bertz CT molecular complexity index is 999. The first kappa shape index (κ1) is 17.3. The summed E-state index contributed by atoms with van der Waals surface area (Å²) in [5.41, 5.74) is 2.22. The highest BCUT2D eigenvalue weighted by Gasteiger charge is 2.30. The molecule has 7 nitrogen and oxygen atoms in total. The monoisotopic (exact) mass is 379 g/mol. The van der Waals surface area contributed by atoms with Crippen LogP contribution in [0.1, 0.15) is 17.9 Å². The van der Waals surface area contributed by atoms with E-state index in [1.54, 1.807) is 6.33 Å². The highest BCUT2D eigenvalue weighted by molar-refractivity contribution is 7.99. The maximum atomic E-state index is 12.7. The van der Waals surface area contributed by atoms with Gasteiger partial charge in [-0.05, 0) is 47.7 Å². The number of nitrogens with zero attached hydrogens (tertiary/aromatic N) is 3. The van der Waals surface area contributed by atoms with Crippen molar-refractivity contribution in [2.24, 2.45) is 7.05 Å². The maximum Gasteiger partial charge on any atom is 0.232 e. The van der Waals surface area contributed by atoms with E-state index in [1.165, 1.54) is 11.8 Å². The Kier molecular flexibility index (Phi) is 4.64. The van der Waals surface area contributed by atoms with Crippen LogP contribution in [0.5, 0.6) is 0 Å². The highest BCUT2D eigenvalue weighted by Crippen LogP contribution is 2.33. The molecule has 1 unspecified atom stereocenters. The number of anilines is 2. The Morgan fingerprint density at radius 2 is 2.00 bits per heavy atom. The first-order chi connectivity index (χ1) is 13.1. The first-order valence-corrected chi connectivity index (χ1v) is 9.23. The van der Waals surface area contributed by atoms with Crippen LogP contribution in [0.4, 0.5) is 11.4 Å². The lowest BCUT2D eigenvalue weighted by molar-refractivity contribution is -0.123. The minimum Gasteiger partial charge on any atom is -0.326 e. The Morgan fingerprint density at radius 1 is 1.22 bits per heavy atom. The van der Waals surface area contributed by atoms with E-state index in [-0.39, 0.29) is 18.2 Å². The molecular weight excluding hydrogens is 362 g/mol. The average Bonchev–Trinajstić information content (AvgIpc) is 3.07. The second-order valence-electron chi connectivity index (χ2n) is 6.23. The standard InChI is InChI=1S/C19H17N5O2S/c1-24-11-20-23-19(24)27-13-8-6-12(7-9-13)21-18(26)15-10-17(25)22-16-5-3-2-4-14(15)16/h2-9,11,15H,10H2,1H3,(H,21,26)(H,22,25). The van der Waals surface area contributed by atoms with Crippen LogP contribution in [-0.4, -0.2) is 26.6 Å². The summed E-state index contributed by atoms with van der Waals surface area (Å²) in [6.07, 6.45) is 1.79. The third-order valence-electron chi connectivity index (χ3n) is 4.32. The van der Waals surface area contributed by atoms with Gasteiger partial charge in [0.25, 0.3) is 0 Å². The zero-order chi connectivity index (χ0) is 18.8. The van der Waals surface area contributed by atoms with Crippen LogP contribution in [0.25, 0.3) is 0 Å². The minimum atomic E-state index is -0.498. The molecule has 2 heterocycles. The van der Waals surface area contributed by atoms with E-state index in [1.807, 2.05) is 60.1 Å². The van der Waals surface area contributed by atoms with Gasteiger partial charge in [0.15, 0.2) is 5.16 Å². The molecule has 2 amide bonds. The van der Waals surface area contributed by atoms with E-state index in [2.05, 4.69) is 20.8 Å².